The number of morpholine rings is 1. The molecule has 0 aliphatic carbocycles. The summed E-state index contributed by atoms with van der Waals surface area (Å²) >= 11 is 5.95. The first-order chi connectivity index (χ1) is 14.1. The second kappa shape index (κ2) is 8.73. The van der Waals surface area contributed by atoms with Gasteiger partial charge in [0.15, 0.2) is 5.69 Å². The third kappa shape index (κ3) is 4.32. The van der Waals surface area contributed by atoms with Crippen LogP contribution < -0.4 is 10.9 Å². The summed E-state index contributed by atoms with van der Waals surface area (Å²) in [6, 6.07) is 13.8. The fourth-order valence-electron chi connectivity index (χ4n) is 3.35. The highest BCUT2D eigenvalue weighted by Crippen LogP contribution is 2.16. The van der Waals surface area contributed by atoms with Gasteiger partial charge >= 0.3 is 0 Å². The van der Waals surface area contributed by atoms with Crippen LogP contribution in [0.5, 0.6) is 0 Å². The van der Waals surface area contributed by atoms with Crippen LogP contribution in [0, 0.1) is 0 Å². The van der Waals surface area contributed by atoms with Crippen molar-refractivity contribution in [3.8, 4) is 5.69 Å². The topological polar surface area (TPSA) is 76.5 Å². The largest absolute Gasteiger partial charge is 0.379 e. The first-order valence-electron chi connectivity index (χ1n) is 9.50. The van der Waals surface area contributed by atoms with Crippen molar-refractivity contribution in [3.05, 3.63) is 69.6 Å². The van der Waals surface area contributed by atoms with Gasteiger partial charge in [-0.1, -0.05) is 29.8 Å². The van der Waals surface area contributed by atoms with Crippen molar-refractivity contribution in [2.24, 2.45) is 0 Å². The van der Waals surface area contributed by atoms with Gasteiger partial charge in [0.1, 0.15) is 0 Å². The number of halogens is 1. The zero-order valence-electron chi connectivity index (χ0n) is 15.8. The van der Waals surface area contributed by atoms with Gasteiger partial charge in [-0.05, 0) is 30.3 Å². The summed E-state index contributed by atoms with van der Waals surface area (Å²) in [5.41, 5.74) is 0.484. The second-order valence-corrected chi connectivity index (χ2v) is 7.23. The number of nitrogens with zero attached hydrogens (tertiary/aromatic N) is 3. The number of hydrogen-bond donors (Lipinski definition) is 1. The average Bonchev–Trinajstić information content (AvgIpc) is 2.76. The third-order valence-electron chi connectivity index (χ3n) is 4.91. The van der Waals surface area contributed by atoms with Crippen molar-refractivity contribution in [2.75, 3.05) is 39.4 Å². The van der Waals surface area contributed by atoms with Gasteiger partial charge < -0.3 is 10.1 Å². The van der Waals surface area contributed by atoms with Gasteiger partial charge in [0.25, 0.3) is 11.5 Å². The molecule has 1 fully saturated rings. The number of benzene rings is 2. The molecule has 1 aliphatic rings. The van der Waals surface area contributed by atoms with E-state index in [4.69, 9.17) is 16.3 Å². The quantitative estimate of drug-likeness (QED) is 0.694. The number of fused-ring (bicyclic) bond motifs is 1. The predicted octanol–water partition coefficient (Wildman–Crippen LogP) is 2.10. The Morgan fingerprint density at radius 2 is 1.76 bits per heavy atom. The first kappa shape index (κ1) is 19.6. The van der Waals surface area contributed by atoms with Gasteiger partial charge in [0, 0.05) is 36.6 Å². The number of carbonyl (C=O) groups excluding carboxylic acids is 1. The normalized spacial score (nSPS) is 14.8. The van der Waals surface area contributed by atoms with E-state index in [0.717, 1.165) is 19.6 Å². The molecule has 0 bridgehead atoms. The van der Waals surface area contributed by atoms with Crippen molar-refractivity contribution in [3.63, 3.8) is 0 Å². The zero-order chi connectivity index (χ0) is 20.2. The van der Waals surface area contributed by atoms with Gasteiger partial charge in [-0.15, -0.1) is 0 Å². The smallest absolute Gasteiger partial charge is 0.279 e. The maximum absolute atomic E-state index is 12.9. The highest BCUT2D eigenvalue weighted by Gasteiger charge is 2.18. The molecule has 1 amide bonds. The lowest BCUT2D eigenvalue weighted by atomic mass is 10.1. The van der Waals surface area contributed by atoms with Crippen molar-refractivity contribution in [2.45, 2.75) is 0 Å². The summed E-state index contributed by atoms with van der Waals surface area (Å²) < 4.78 is 6.58. The molecule has 0 atom stereocenters. The minimum absolute atomic E-state index is 0.220. The Labute approximate surface area is 172 Å². The summed E-state index contributed by atoms with van der Waals surface area (Å²) in [6.07, 6.45) is 0. The maximum Gasteiger partial charge on any atom is 0.279 e. The Morgan fingerprint density at radius 3 is 2.48 bits per heavy atom. The van der Waals surface area contributed by atoms with Crippen molar-refractivity contribution in [1.82, 2.24) is 20.0 Å². The third-order valence-corrected chi connectivity index (χ3v) is 5.16. The molecule has 0 spiro atoms. The summed E-state index contributed by atoms with van der Waals surface area (Å²) in [6.45, 7) is 4.38. The molecule has 1 aliphatic heterocycles. The molecule has 1 aromatic heterocycles. The van der Waals surface area contributed by atoms with Gasteiger partial charge in [0.2, 0.25) is 0 Å². The standard InChI is InChI=1S/C21H21ClN4O3/c22-15-5-7-16(8-6-15)26-21(28)18-4-2-1-3-17(18)19(24-26)20(27)23-9-10-25-11-13-29-14-12-25/h1-8H,9-14H2,(H,23,27). The Balaban J connectivity index is 1.63. The number of ether oxygens (including phenoxy) is 1. The Hall–Kier alpha value is -2.74. The van der Waals surface area contributed by atoms with Crippen LogP contribution in [0.3, 0.4) is 0 Å². The van der Waals surface area contributed by atoms with E-state index in [0.29, 0.717) is 41.2 Å². The van der Waals surface area contributed by atoms with E-state index in [1.54, 1.807) is 48.5 Å². The summed E-state index contributed by atoms with van der Waals surface area (Å²) in [4.78, 5) is 28.1. The van der Waals surface area contributed by atoms with E-state index < -0.39 is 0 Å². The maximum atomic E-state index is 12.9. The molecule has 0 unspecified atom stereocenters. The van der Waals surface area contributed by atoms with Crippen LogP contribution in [0.1, 0.15) is 10.5 Å². The average molecular weight is 413 g/mol. The van der Waals surface area contributed by atoms with Crippen LogP contribution in [-0.2, 0) is 4.74 Å². The van der Waals surface area contributed by atoms with Gasteiger partial charge in [0.05, 0.1) is 24.3 Å². The van der Waals surface area contributed by atoms with E-state index in [2.05, 4.69) is 15.3 Å². The van der Waals surface area contributed by atoms with E-state index in [1.807, 2.05) is 0 Å². The van der Waals surface area contributed by atoms with Crippen molar-refractivity contribution in [1.29, 1.82) is 0 Å². The first-order valence-corrected chi connectivity index (χ1v) is 9.87. The molecule has 3 aromatic rings. The number of rotatable bonds is 5. The number of aromatic nitrogens is 2. The van der Waals surface area contributed by atoms with Crippen LogP contribution in [0.25, 0.3) is 16.5 Å². The molecule has 7 nitrogen and oxygen atoms in total. The molecule has 150 valence electrons. The summed E-state index contributed by atoms with van der Waals surface area (Å²) in [5.74, 6) is -0.308. The molecule has 1 saturated heterocycles. The number of amides is 1. The monoisotopic (exact) mass is 412 g/mol. The van der Waals surface area contributed by atoms with Gasteiger partial charge in [-0.2, -0.15) is 9.78 Å². The molecule has 2 heterocycles. The summed E-state index contributed by atoms with van der Waals surface area (Å²) in [7, 11) is 0. The molecule has 2 aromatic carbocycles. The number of nitrogens with one attached hydrogen (secondary N) is 1. The van der Waals surface area contributed by atoms with Gasteiger partial charge in [-0.25, -0.2) is 0 Å². The fourth-order valence-corrected chi connectivity index (χ4v) is 3.48. The Bertz CT molecular complexity index is 1080. The molecule has 0 radical (unpaired) electrons. The second-order valence-electron chi connectivity index (χ2n) is 6.80. The van der Waals surface area contributed by atoms with Crippen molar-refractivity contribution >= 4 is 28.3 Å². The predicted molar refractivity (Wildman–Crippen MR) is 112 cm³/mol. The molecular weight excluding hydrogens is 392 g/mol. The molecule has 4 rings (SSSR count). The number of carbonyl (C=O) groups is 1. The van der Waals surface area contributed by atoms with Crippen LogP contribution in [0.15, 0.2) is 53.3 Å². The number of hydrogen-bond acceptors (Lipinski definition) is 5. The highest BCUT2D eigenvalue weighted by molar-refractivity contribution is 6.30. The zero-order valence-corrected chi connectivity index (χ0v) is 16.6. The molecule has 29 heavy (non-hydrogen) atoms. The van der Waals surface area contributed by atoms with E-state index in [9.17, 15) is 9.59 Å². The molecule has 8 heteroatoms. The van der Waals surface area contributed by atoms with E-state index in [1.165, 1.54) is 4.68 Å². The molecular formula is C21H21ClN4O3. The summed E-state index contributed by atoms with van der Waals surface area (Å²) in [5, 5.41) is 8.84. The van der Waals surface area contributed by atoms with Crippen LogP contribution >= 0.6 is 11.6 Å². The molecule has 1 N–H and O–H groups in total. The minimum Gasteiger partial charge on any atom is -0.379 e. The van der Waals surface area contributed by atoms with E-state index >= 15 is 0 Å². The minimum atomic E-state index is -0.308. The SMILES string of the molecule is O=C(NCCN1CCOCC1)c1nn(-c2ccc(Cl)cc2)c(=O)c2ccccc12. The fraction of sp³-hybridized carbons (Fsp3) is 0.286. The highest BCUT2D eigenvalue weighted by atomic mass is 35.5. The van der Waals surface area contributed by atoms with Crippen LogP contribution in [0.4, 0.5) is 0 Å². The van der Waals surface area contributed by atoms with E-state index in [-0.39, 0.29) is 17.2 Å². The van der Waals surface area contributed by atoms with Crippen LogP contribution in [-0.4, -0.2) is 60.0 Å². The van der Waals surface area contributed by atoms with Gasteiger partial charge in [-0.3, -0.25) is 14.5 Å². The Kier molecular flexibility index (Phi) is 5.89. The van der Waals surface area contributed by atoms with Crippen LogP contribution in [0.2, 0.25) is 5.02 Å². The molecule has 0 saturated carbocycles. The lowest BCUT2D eigenvalue weighted by molar-refractivity contribution is 0.0383. The lowest BCUT2D eigenvalue weighted by Crippen LogP contribution is -2.41. The lowest BCUT2D eigenvalue weighted by Gasteiger charge is -2.26. The Morgan fingerprint density at radius 1 is 1.07 bits per heavy atom. The van der Waals surface area contributed by atoms with Crippen molar-refractivity contribution < 1.29 is 9.53 Å².